The highest BCUT2D eigenvalue weighted by atomic mass is 16.1. The third kappa shape index (κ3) is 2.16. The number of nitrogens with zero attached hydrogens (tertiary/aromatic N) is 3. The van der Waals surface area contributed by atoms with Gasteiger partial charge in [0.15, 0.2) is 5.78 Å². The van der Waals surface area contributed by atoms with Gasteiger partial charge in [-0.05, 0) is 24.6 Å². The molecule has 4 heteroatoms. The van der Waals surface area contributed by atoms with E-state index in [9.17, 15) is 4.79 Å². The molecule has 4 nitrogen and oxygen atoms in total. The fourth-order valence-electron chi connectivity index (χ4n) is 1.60. The number of pyridine rings is 1. The van der Waals surface area contributed by atoms with Gasteiger partial charge in [-0.3, -0.25) is 14.5 Å². The van der Waals surface area contributed by atoms with E-state index in [-0.39, 0.29) is 5.78 Å². The van der Waals surface area contributed by atoms with Crippen LogP contribution in [0.15, 0.2) is 36.8 Å². The summed E-state index contributed by atoms with van der Waals surface area (Å²) in [7, 11) is 0. The van der Waals surface area contributed by atoms with Gasteiger partial charge in [0.2, 0.25) is 0 Å². The van der Waals surface area contributed by atoms with E-state index in [0.717, 1.165) is 5.56 Å². The van der Waals surface area contributed by atoms with E-state index in [1.54, 1.807) is 29.3 Å². The Morgan fingerprint density at radius 2 is 2.25 bits per heavy atom. The van der Waals surface area contributed by atoms with Crippen molar-refractivity contribution in [3.05, 3.63) is 48.0 Å². The monoisotopic (exact) mass is 215 g/mol. The minimum Gasteiger partial charge on any atom is -0.292 e. The predicted molar refractivity (Wildman–Crippen MR) is 60.2 cm³/mol. The molecule has 2 aromatic rings. The van der Waals surface area contributed by atoms with Gasteiger partial charge in [0.1, 0.15) is 5.69 Å². The summed E-state index contributed by atoms with van der Waals surface area (Å²) in [5.41, 5.74) is 1.59. The van der Waals surface area contributed by atoms with Crippen LogP contribution in [0, 0.1) is 0 Å². The molecule has 0 saturated carbocycles. The number of ketones is 1. The summed E-state index contributed by atoms with van der Waals surface area (Å²) in [6, 6.07) is 5.49. The fraction of sp³-hybridized carbons (Fsp3) is 0.250. The lowest BCUT2D eigenvalue weighted by molar-refractivity contribution is 0.0982. The number of carbonyl (C=O) groups excluding carboxylic acids is 1. The minimum atomic E-state index is 0.0763. The molecule has 0 aliphatic heterocycles. The number of hydrogen-bond acceptors (Lipinski definition) is 3. The fourth-order valence-corrected chi connectivity index (χ4v) is 1.60. The summed E-state index contributed by atoms with van der Waals surface area (Å²) in [6.45, 7) is 2.68. The molecule has 16 heavy (non-hydrogen) atoms. The summed E-state index contributed by atoms with van der Waals surface area (Å²) in [6.07, 6.45) is 5.44. The van der Waals surface area contributed by atoms with Crippen molar-refractivity contribution < 1.29 is 4.79 Å². The van der Waals surface area contributed by atoms with Crippen LogP contribution in [-0.2, 0) is 13.0 Å². The Bertz CT molecular complexity index is 476. The van der Waals surface area contributed by atoms with Crippen molar-refractivity contribution in [2.24, 2.45) is 0 Å². The Morgan fingerprint density at radius 1 is 1.38 bits per heavy atom. The molecule has 0 aliphatic rings. The topological polar surface area (TPSA) is 47.8 Å². The van der Waals surface area contributed by atoms with Crippen molar-refractivity contribution in [3.8, 4) is 0 Å². The van der Waals surface area contributed by atoms with Crippen LogP contribution in [0.4, 0.5) is 0 Å². The second-order valence-corrected chi connectivity index (χ2v) is 3.49. The van der Waals surface area contributed by atoms with Crippen LogP contribution >= 0.6 is 0 Å². The summed E-state index contributed by atoms with van der Waals surface area (Å²) in [5, 5.41) is 4.08. The van der Waals surface area contributed by atoms with Crippen LogP contribution in [-0.4, -0.2) is 20.5 Å². The maximum atomic E-state index is 12.0. The minimum absolute atomic E-state index is 0.0763. The normalized spacial score (nSPS) is 10.3. The van der Waals surface area contributed by atoms with Crippen LogP contribution in [0.25, 0.3) is 0 Å². The molecule has 0 amide bonds. The SMILES string of the molecule is CCn1nccc1C(=O)Cc1cccnc1. The van der Waals surface area contributed by atoms with Crippen molar-refractivity contribution in [1.29, 1.82) is 0 Å². The van der Waals surface area contributed by atoms with Gasteiger partial charge in [0.25, 0.3) is 0 Å². The summed E-state index contributed by atoms with van der Waals surface area (Å²) >= 11 is 0. The standard InChI is InChI=1S/C12H13N3O/c1-2-15-11(5-7-14-15)12(16)8-10-4-3-6-13-9-10/h3-7,9H,2,8H2,1H3. The Kier molecular flexibility index (Phi) is 3.10. The number of hydrogen-bond donors (Lipinski definition) is 0. The molecule has 0 saturated heterocycles. The van der Waals surface area contributed by atoms with E-state index in [1.165, 1.54) is 0 Å². The highest BCUT2D eigenvalue weighted by molar-refractivity contribution is 5.95. The number of aryl methyl sites for hydroxylation is 1. The van der Waals surface area contributed by atoms with E-state index in [1.807, 2.05) is 19.1 Å². The highest BCUT2D eigenvalue weighted by Gasteiger charge is 2.11. The van der Waals surface area contributed by atoms with Gasteiger partial charge in [0.05, 0.1) is 0 Å². The number of carbonyl (C=O) groups is 1. The van der Waals surface area contributed by atoms with Gasteiger partial charge in [-0.1, -0.05) is 6.07 Å². The Morgan fingerprint density at radius 3 is 2.94 bits per heavy atom. The van der Waals surface area contributed by atoms with Crippen molar-refractivity contribution in [1.82, 2.24) is 14.8 Å². The Balaban J connectivity index is 2.15. The van der Waals surface area contributed by atoms with Gasteiger partial charge in [0, 0.05) is 31.6 Å². The Hall–Kier alpha value is -1.97. The molecule has 0 atom stereocenters. The maximum Gasteiger partial charge on any atom is 0.185 e. The van der Waals surface area contributed by atoms with Crippen molar-refractivity contribution in [2.75, 3.05) is 0 Å². The largest absolute Gasteiger partial charge is 0.292 e. The van der Waals surface area contributed by atoms with Crippen LogP contribution < -0.4 is 0 Å². The molecular formula is C12H13N3O. The first-order valence-electron chi connectivity index (χ1n) is 5.25. The van der Waals surface area contributed by atoms with Crippen molar-refractivity contribution in [3.63, 3.8) is 0 Å². The number of aromatic nitrogens is 3. The predicted octanol–water partition coefficient (Wildman–Crippen LogP) is 1.72. The molecule has 0 bridgehead atoms. The van der Waals surface area contributed by atoms with Gasteiger partial charge in [-0.2, -0.15) is 5.10 Å². The molecule has 0 spiro atoms. The molecule has 0 aliphatic carbocycles. The van der Waals surface area contributed by atoms with Gasteiger partial charge in [-0.25, -0.2) is 0 Å². The molecule has 2 heterocycles. The zero-order valence-corrected chi connectivity index (χ0v) is 9.13. The first kappa shape index (κ1) is 10.5. The molecule has 0 unspecified atom stereocenters. The molecular weight excluding hydrogens is 202 g/mol. The Labute approximate surface area is 93.9 Å². The summed E-state index contributed by atoms with van der Waals surface area (Å²) < 4.78 is 1.71. The van der Waals surface area contributed by atoms with E-state index in [4.69, 9.17) is 0 Å². The molecule has 2 rings (SSSR count). The quantitative estimate of drug-likeness (QED) is 0.730. The highest BCUT2D eigenvalue weighted by Crippen LogP contribution is 2.06. The van der Waals surface area contributed by atoms with Crippen LogP contribution in [0.1, 0.15) is 23.0 Å². The van der Waals surface area contributed by atoms with Gasteiger partial charge in [-0.15, -0.1) is 0 Å². The smallest absolute Gasteiger partial charge is 0.185 e. The summed E-state index contributed by atoms with van der Waals surface area (Å²) in [4.78, 5) is 16.0. The first-order valence-corrected chi connectivity index (χ1v) is 5.25. The van der Waals surface area contributed by atoms with Crippen LogP contribution in [0.5, 0.6) is 0 Å². The third-order valence-corrected chi connectivity index (χ3v) is 2.39. The van der Waals surface area contributed by atoms with Gasteiger partial charge >= 0.3 is 0 Å². The van der Waals surface area contributed by atoms with E-state index in [2.05, 4.69) is 10.1 Å². The van der Waals surface area contributed by atoms with Crippen LogP contribution in [0.2, 0.25) is 0 Å². The second kappa shape index (κ2) is 4.70. The zero-order valence-electron chi connectivity index (χ0n) is 9.13. The van der Waals surface area contributed by atoms with E-state index in [0.29, 0.717) is 18.7 Å². The lowest BCUT2D eigenvalue weighted by atomic mass is 10.1. The van der Waals surface area contributed by atoms with Crippen LogP contribution in [0.3, 0.4) is 0 Å². The number of Topliss-reactive ketones (excluding diaryl/α,β-unsaturated/α-hetero) is 1. The second-order valence-electron chi connectivity index (χ2n) is 3.49. The molecule has 2 aromatic heterocycles. The first-order chi connectivity index (χ1) is 7.81. The maximum absolute atomic E-state index is 12.0. The average molecular weight is 215 g/mol. The third-order valence-electron chi connectivity index (χ3n) is 2.39. The molecule has 82 valence electrons. The molecule has 0 aromatic carbocycles. The lowest BCUT2D eigenvalue weighted by Gasteiger charge is -2.03. The zero-order chi connectivity index (χ0) is 11.4. The van der Waals surface area contributed by atoms with Crippen molar-refractivity contribution in [2.45, 2.75) is 19.9 Å². The van der Waals surface area contributed by atoms with Gasteiger partial charge < -0.3 is 0 Å². The molecule has 0 fully saturated rings. The van der Waals surface area contributed by atoms with E-state index < -0.39 is 0 Å². The lowest BCUT2D eigenvalue weighted by Crippen LogP contribution is -2.11. The number of rotatable bonds is 4. The summed E-state index contributed by atoms with van der Waals surface area (Å²) in [5.74, 6) is 0.0763. The average Bonchev–Trinajstić information content (AvgIpc) is 2.78. The molecule has 0 radical (unpaired) electrons. The van der Waals surface area contributed by atoms with E-state index >= 15 is 0 Å². The van der Waals surface area contributed by atoms with Crippen molar-refractivity contribution >= 4 is 5.78 Å². The molecule has 0 N–H and O–H groups in total.